The third-order valence-corrected chi connectivity index (χ3v) is 4.00. The van der Waals surface area contributed by atoms with Gasteiger partial charge in [-0.05, 0) is 18.8 Å². The SMILES string of the molecule is CCC(C)CCCN(CC)S(C)(=O)=O. The second-order valence-corrected chi connectivity index (χ2v) is 5.89. The zero-order chi connectivity index (χ0) is 11.2. The summed E-state index contributed by atoms with van der Waals surface area (Å²) in [6, 6.07) is 0. The van der Waals surface area contributed by atoms with E-state index in [9.17, 15) is 8.42 Å². The molecule has 14 heavy (non-hydrogen) atoms. The normalized spacial score (nSPS) is 14.6. The summed E-state index contributed by atoms with van der Waals surface area (Å²) in [4.78, 5) is 0. The Hall–Kier alpha value is -0.0900. The molecule has 3 nitrogen and oxygen atoms in total. The summed E-state index contributed by atoms with van der Waals surface area (Å²) in [6.07, 6.45) is 4.53. The molecule has 0 heterocycles. The van der Waals surface area contributed by atoms with E-state index in [4.69, 9.17) is 0 Å². The van der Waals surface area contributed by atoms with Crippen LogP contribution in [0, 0.1) is 5.92 Å². The fourth-order valence-electron chi connectivity index (χ4n) is 1.38. The Balaban J connectivity index is 3.87. The van der Waals surface area contributed by atoms with Crippen LogP contribution in [0.15, 0.2) is 0 Å². The maximum Gasteiger partial charge on any atom is 0.211 e. The minimum atomic E-state index is -2.99. The van der Waals surface area contributed by atoms with E-state index in [0.29, 0.717) is 19.0 Å². The minimum absolute atomic E-state index is 0.583. The molecule has 1 unspecified atom stereocenters. The van der Waals surface area contributed by atoms with Crippen LogP contribution < -0.4 is 0 Å². The smallest absolute Gasteiger partial charge is 0.211 e. The summed E-state index contributed by atoms with van der Waals surface area (Å²) < 4.78 is 24.0. The number of hydrogen-bond acceptors (Lipinski definition) is 2. The van der Waals surface area contributed by atoms with Crippen LogP contribution in [0.4, 0.5) is 0 Å². The zero-order valence-corrected chi connectivity index (χ0v) is 10.6. The zero-order valence-electron chi connectivity index (χ0n) is 9.78. The molecule has 0 aromatic carbocycles. The molecule has 0 bridgehead atoms. The van der Waals surface area contributed by atoms with Gasteiger partial charge in [0.2, 0.25) is 10.0 Å². The van der Waals surface area contributed by atoms with Crippen molar-refractivity contribution >= 4 is 10.0 Å². The predicted octanol–water partition coefficient (Wildman–Crippen LogP) is 2.09. The number of nitrogens with zero attached hydrogens (tertiary/aromatic N) is 1. The minimum Gasteiger partial charge on any atom is -0.213 e. The molecule has 0 aromatic heterocycles. The van der Waals surface area contributed by atoms with Crippen LogP contribution in [-0.4, -0.2) is 32.1 Å². The Labute approximate surface area is 88.5 Å². The molecule has 0 saturated heterocycles. The number of sulfonamides is 1. The summed E-state index contributed by atoms with van der Waals surface area (Å²) in [7, 11) is -2.99. The van der Waals surface area contributed by atoms with E-state index in [1.807, 2.05) is 6.92 Å². The van der Waals surface area contributed by atoms with E-state index in [1.165, 1.54) is 17.0 Å². The second kappa shape index (κ2) is 6.40. The van der Waals surface area contributed by atoms with Crippen molar-refractivity contribution in [2.24, 2.45) is 5.92 Å². The molecule has 0 aliphatic rings. The molecule has 0 aliphatic heterocycles. The highest BCUT2D eigenvalue weighted by Crippen LogP contribution is 2.10. The van der Waals surface area contributed by atoms with Crippen LogP contribution in [0.25, 0.3) is 0 Å². The van der Waals surface area contributed by atoms with Crippen LogP contribution in [0.1, 0.15) is 40.0 Å². The van der Waals surface area contributed by atoms with Crippen molar-refractivity contribution in [3.8, 4) is 0 Å². The fraction of sp³-hybridized carbons (Fsp3) is 1.00. The highest BCUT2D eigenvalue weighted by Gasteiger charge is 2.13. The summed E-state index contributed by atoms with van der Waals surface area (Å²) in [6.45, 7) is 7.50. The fourth-order valence-corrected chi connectivity index (χ4v) is 2.31. The first-order chi connectivity index (χ1) is 6.41. The molecule has 0 aromatic rings. The van der Waals surface area contributed by atoms with Crippen molar-refractivity contribution in [2.75, 3.05) is 19.3 Å². The van der Waals surface area contributed by atoms with E-state index in [1.54, 1.807) is 0 Å². The van der Waals surface area contributed by atoms with Gasteiger partial charge in [0.25, 0.3) is 0 Å². The highest BCUT2D eigenvalue weighted by atomic mass is 32.2. The second-order valence-electron chi connectivity index (χ2n) is 3.91. The van der Waals surface area contributed by atoms with Crippen LogP contribution >= 0.6 is 0 Å². The Morgan fingerprint density at radius 3 is 2.21 bits per heavy atom. The van der Waals surface area contributed by atoms with Gasteiger partial charge in [-0.25, -0.2) is 12.7 Å². The average molecular weight is 221 g/mol. The van der Waals surface area contributed by atoms with Gasteiger partial charge >= 0.3 is 0 Å². The first kappa shape index (κ1) is 13.9. The van der Waals surface area contributed by atoms with Crippen LogP contribution in [0.3, 0.4) is 0 Å². The molecule has 0 rings (SSSR count). The van der Waals surface area contributed by atoms with Crippen molar-refractivity contribution in [2.45, 2.75) is 40.0 Å². The van der Waals surface area contributed by atoms with Crippen LogP contribution in [0.5, 0.6) is 0 Å². The van der Waals surface area contributed by atoms with Gasteiger partial charge in [-0.15, -0.1) is 0 Å². The van der Waals surface area contributed by atoms with Gasteiger partial charge in [-0.1, -0.05) is 27.2 Å². The quantitative estimate of drug-likeness (QED) is 0.660. The molecule has 0 radical (unpaired) electrons. The molecule has 86 valence electrons. The summed E-state index contributed by atoms with van der Waals surface area (Å²) in [5, 5.41) is 0. The van der Waals surface area contributed by atoms with Gasteiger partial charge in [0.15, 0.2) is 0 Å². The molecule has 0 saturated carbocycles. The summed E-state index contributed by atoms with van der Waals surface area (Å²) in [5.41, 5.74) is 0. The lowest BCUT2D eigenvalue weighted by atomic mass is 10.0. The monoisotopic (exact) mass is 221 g/mol. The van der Waals surface area contributed by atoms with E-state index in [-0.39, 0.29) is 0 Å². The summed E-state index contributed by atoms with van der Waals surface area (Å²) >= 11 is 0. The van der Waals surface area contributed by atoms with Gasteiger partial charge in [0, 0.05) is 13.1 Å². The Morgan fingerprint density at radius 1 is 1.29 bits per heavy atom. The topological polar surface area (TPSA) is 37.4 Å². The maximum absolute atomic E-state index is 11.2. The third kappa shape index (κ3) is 5.60. The van der Waals surface area contributed by atoms with Crippen LogP contribution in [0.2, 0.25) is 0 Å². The lowest BCUT2D eigenvalue weighted by molar-refractivity contribution is 0.394. The average Bonchev–Trinajstić information content (AvgIpc) is 2.09. The molecule has 0 N–H and O–H groups in total. The van der Waals surface area contributed by atoms with E-state index in [2.05, 4.69) is 13.8 Å². The molecule has 0 fully saturated rings. The van der Waals surface area contributed by atoms with E-state index < -0.39 is 10.0 Å². The van der Waals surface area contributed by atoms with Crippen molar-refractivity contribution in [3.05, 3.63) is 0 Å². The number of rotatable bonds is 7. The number of hydrogen-bond donors (Lipinski definition) is 0. The Bertz CT molecular complexity index is 237. The Morgan fingerprint density at radius 2 is 1.86 bits per heavy atom. The molecular weight excluding hydrogens is 198 g/mol. The Kier molecular flexibility index (Phi) is 6.36. The van der Waals surface area contributed by atoms with Gasteiger partial charge < -0.3 is 0 Å². The molecule has 0 spiro atoms. The predicted molar refractivity (Wildman–Crippen MR) is 60.8 cm³/mol. The first-order valence-corrected chi connectivity index (χ1v) is 7.21. The molecule has 0 aliphatic carbocycles. The molecule has 0 amide bonds. The molecular formula is C10H23NO2S. The standard InChI is InChI=1S/C10H23NO2S/c1-5-10(3)8-7-9-11(6-2)14(4,12)13/h10H,5-9H2,1-4H3. The first-order valence-electron chi connectivity index (χ1n) is 5.36. The van der Waals surface area contributed by atoms with Gasteiger partial charge in [-0.2, -0.15) is 0 Å². The lowest BCUT2D eigenvalue weighted by Crippen LogP contribution is -2.30. The van der Waals surface area contributed by atoms with Crippen molar-refractivity contribution in [1.82, 2.24) is 4.31 Å². The van der Waals surface area contributed by atoms with Crippen molar-refractivity contribution in [1.29, 1.82) is 0 Å². The van der Waals surface area contributed by atoms with Crippen molar-refractivity contribution < 1.29 is 8.42 Å². The third-order valence-electron chi connectivity index (χ3n) is 2.62. The van der Waals surface area contributed by atoms with Crippen molar-refractivity contribution in [3.63, 3.8) is 0 Å². The summed E-state index contributed by atoms with van der Waals surface area (Å²) in [5.74, 6) is 0.702. The van der Waals surface area contributed by atoms with Gasteiger partial charge in [0.1, 0.15) is 0 Å². The lowest BCUT2D eigenvalue weighted by Gasteiger charge is -2.18. The van der Waals surface area contributed by atoms with E-state index >= 15 is 0 Å². The highest BCUT2D eigenvalue weighted by molar-refractivity contribution is 7.88. The van der Waals surface area contributed by atoms with Gasteiger partial charge in [0.05, 0.1) is 6.26 Å². The van der Waals surface area contributed by atoms with Gasteiger partial charge in [-0.3, -0.25) is 0 Å². The molecule has 1 atom stereocenters. The van der Waals surface area contributed by atoms with Crippen LogP contribution in [-0.2, 0) is 10.0 Å². The van der Waals surface area contributed by atoms with E-state index in [0.717, 1.165) is 12.8 Å². The largest absolute Gasteiger partial charge is 0.213 e. The molecule has 4 heteroatoms. The maximum atomic E-state index is 11.2.